The highest BCUT2D eigenvalue weighted by atomic mass is 16.6. The number of benzene rings is 3. The molecule has 0 spiro atoms. The Bertz CT molecular complexity index is 1250. The average molecular weight is 384 g/mol. The molecular weight excluding hydrogens is 360 g/mol. The van der Waals surface area contributed by atoms with Gasteiger partial charge in [0.05, 0.1) is 5.52 Å². The molecule has 1 amide bonds. The third kappa shape index (κ3) is 2.70. The van der Waals surface area contributed by atoms with E-state index in [1.54, 1.807) is 0 Å². The predicted molar refractivity (Wildman–Crippen MR) is 116 cm³/mol. The zero-order valence-electron chi connectivity index (χ0n) is 17.0. The number of para-hydroxylation sites is 2. The molecule has 0 N–H and O–H groups in total. The maximum absolute atomic E-state index is 12.8. The van der Waals surface area contributed by atoms with Crippen molar-refractivity contribution >= 4 is 27.9 Å². The molecule has 0 atom stereocenters. The molecule has 5 rings (SSSR count). The molecule has 0 saturated heterocycles. The maximum Gasteiger partial charge on any atom is 0.415 e. The molecule has 1 aromatic heterocycles. The predicted octanol–water partition coefficient (Wildman–Crippen LogP) is 5.51. The van der Waals surface area contributed by atoms with Crippen LogP contribution in [0.15, 0.2) is 54.6 Å². The van der Waals surface area contributed by atoms with Gasteiger partial charge in [0, 0.05) is 36.4 Å². The van der Waals surface area contributed by atoms with Crippen molar-refractivity contribution in [3.63, 3.8) is 0 Å². The number of carbonyl (C=O) groups is 1. The minimum atomic E-state index is -0.281. The van der Waals surface area contributed by atoms with E-state index >= 15 is 0 Å². The van der Waals surface area contributed by atoms with Crippen LogP contribution in [-0.2, 0) is 20.0 Å². The van der Waals surface area contributed by atoms with Crippen LogP contribution in [0.2, 0.25) is 0 Å². The Hall–Kier alpha value is -3.27. The molecule has 0 bridgehead atoms. The number of hydrogen-bond acceptors (Lipinski definition) is 2. The zero-order valence-corrected chi connectivity index (χ0v) is 17.0. The van der Waals surface area contributed by atoms with Crippen LogP contribution in [-0.4, -0.2) is 22.1 Å². The monoisotopic (exact) mass is 384 g/mol. The number of aromatic nitrogens is 1. The van der Waals surface area contributed by atoms with Gasteiger partial charge in [-0.15, -0.1) is 0 Å². The van der Waals surface area contributed by atoms with Gasteiger partial charge in [-0.2, -0.15) is 0 Å². The number of amides is 1. The molecule has 0 aliphatic carbocycles. The Morgan fingerprint density at radius 2 is 1.66 bits per heavy atom. The summed E-state index contributed by atoms with van der Waals surface area (Å²) in [6.45, 7) is 5.68. The average Bonchev–Trinajstić information content (AvgIpc) is 3.05. The molecular formula is C25H24N2O2. The Morgan fingerprint density at radius 3 is 2.45 bits per heavy atom. The van der Waals surface area contributed by atoms with Gasteiger partial charge in [-0.25, -0.2) is 4.79 Å². The lowest BCUT2D eigenvalue weighted by atomic mass is 9.88. The first-order valence-electron chi connectivity index (χ1n) is 10.1. The lowest BCUT2D eigenvalue weighted by Gasteiger charge is -2.31. The van der Waals surface area contributed by atoms with Crippen LogP contribution in [0.1, 0.15) is 22.3 Å². The van der Waals surface area contributed by atoms with Crippen LogP contribution >= 0.6 is 0 Å². The standard InChI is InChI=1S/C25H24N2O2/c1-16-21-15-27(25(28)29-18-9-5-4-6-10-18)14-13-19(21)17(2)24-23(16)20-11-7-8-12-22(20)26(24)3/h4-12H,13-15H2,1-3H3. The number of ether oxygens (including phenoxy) is 1. The van der Waals surface area contributed by atoms with Crippen molar-refractivity contribution in [3.8, 4) is 5.75 Å². The summed E-state index contributed by atoms with van der Waals surface area (Å²) in [5, 5.41) is 2.58. The fraction of sp³-hybridized carbons (Fsp3) is 0.240. The summed E-state index contributed by atoms with van der Waals surface area (Å²) in [7, 11) is 2.15. The fourth-order valence-corrected chi connectivity index (χ4v) is 4.84. The normalized spacial score (nSPS) is 13.7. The summed E-state index contributed by atoms with van der Waals surface area (Å²) in [5.41, 5.74) is 7.80. The van der Waals surface area contributed by atoms with E-state index in [2.05, 4.69) is 49.7 Å². The van der Waals surface area contributed by atoms with E-state index in [1.807, 2.05) is 35.2 Å². The fourth-order valence-electron chi connectivity index (χ4n) is 4.84. The topological polar surface area (TPSA) is 34.5 Å². The molecule has 1 aliphatic rings. The molecule has 0 saturated carbocycles. The summed E-state index contributed by atoms with van der Waals surface area (Å²) < 4.78 is 7.89. The molecule has 0 unspecified atom stereocenters. The van der Waals surface area contributed by atoms with Crippen molar-refractivity contribution in [2.24, 2.45) is 7.05 Å². The number of aryl methyl sites for hydroxylation is 3. The molecule has 29 heavy (non-hydrogen) atoms. The molecule has 1 aliphatic heterocycles. The summed E-state index contributed by atoms with van der Waals surface area (Å²) in [6, 6.07) is 17.8. The van der Waals surface area contributed by atoms with Crippen LogP contribution in [0.5, 0.6) is 5.75 Å². The van der Waals surface area contributed by atoms with Crippen LogP contribution in [0, 0.1) is 13.8 Å². The van der Waals surface area contributed by atoms with Crippen LogP contribution < -0.4 is 4.74 Å². The van der Waals surface area contributed by atoms with E-state index in [0.717, 1.165) is 6.42 Å². The van der Waals surface area contributed by atoms with E-state index in [1.165, 1.54) is 44.1 Å². The number of hydrogen-bond donors (Lipinski definition) is 0. The van der Waals surface area contributed by atoms with Gasteiger partial charge < -0.3 is 14.2 Å². The van der Waals surface area contributed by atoms with Crippen molar-refractivity contribution in [2.75, 3.05) is 6.54 Å². The Balaban J connectivity index is 1.59. The minimum Gasteiger partial charge on any atom is -0.410 e. The first kappa shape index (κ1) is 17.8. The van der Waals surface area contributed by atoms with E-state index in [0.29, 0.717) is 18.8 Å². The van der Waals surface area contributed by atoms with Gasteiger partial charge in [0.1, 0.15) is 5.75 Å². The Kier molecular flexibility index (Phi) is 4.09. The second-order valence-electron chi connectivity index (χ2n) is 7.86. The van der Waals surface area contributed by atoms with Gasteiger partial charge in [-0.1, -0.05) is 36.4 Å². The second kappa shape index (κ2) is 6.66. The summed E-state index contributed by atoms with van der Waals surface area (Å²) in [4.78, 5) is 14.6. The Labute approximate surface area is 170 Å². The summed E-state index contributed by atoms with van der Waals surface area (Å²) in [6.07, 6.45) is 0.570. The summed E-state index contributed by atoms with van der Waals surface area (Å²) >= 11 is 0. The zero-order chi connectivity index (χ0) is 20.1. The van der Waals surface area contributed by atoms with Gasteiger partial charge >= 0.3 is 6.09 Å². The molecule has 146 valence electrons. The maximum atomic E-state index is 12.8. The van der Waals surface area contributed by atoms with Gasteiger partial charge in [-0.05, 0) is 60.7 Å². The van der Waals surface area contributed by atoms with E-state index < -0.39 is 0 Å². The van der Waals surface area contributed by atoms with Crippen molar-refractivity contribution in [1.82, 2.24) is 9.47 Å². The van der Waals surface area contributed by atoms with Gasteiger partial charge in [-0.3, -0.25) is 0 Å². The van der Waals surface area contributed by atoms with Gasteiger partial charge in [0.25, 0.3) is 0 Å². The third-order valence-corrected chi connectivity index (χ3v) is 6.29. The number of rotatable bonds is 1. The van der Waals surface area contributed by atoms with Gasteiger partial charge in [0.15, 0.2) is 0 Å². The van der Waals surface area contributed by atoms with Gasteiger partial charge in [0.2, 0.25) is 0 Å². The second-order valence-corrected chi connectivity index (χ2v) is 7.86. The van der Waals surface area contributed by atoms with E-state index in [9.17, 15) is 4.79 Å². The van der Waals surface area contributed by atoms with E-state index in [-0.39, 0.29) is 6.09 Å². The SMILES string of the molecule is Cc1c2c(c(C)c3c1c1ccccc1n3C)CCN(C(=O)Oc1ccccc1)C2. The van der Waals surface area contributed by atoms with Crippen molar-refractivity contribution in [2.45, 2.75) is 26.8 Å². The highest BCUT2D eigenvalue weighted by molar-refractivity contribution is 6.11. The highest BCUT2D eigenvalue weighted by Crippen LogP contribution is 2.38. The number of fused-ring (bicyclic) bond motifs is 4. The van der Waals surface area contributed by atoms with E-state index in [4.69, 9.17) is 4.74 Å². The number of nitrogens with zero attached hydrogens (tertiary/aromatic N) is 2. The molecule has 0 radical (unpaired) electrons. The Morgan fingerprint density at radius 1 is 0.931 bits per heavy atom. The third-order valence-electron chi connectivity index (χ3n) is 6.29. The first-order valence-corrected chi connectivity index (χ1v) is 10.1. The molecule has 3 aromatic carbocycles. The molecule has 4 nitrogen and oxygen atoms in total. The van der Waals surface area contributed by atoms with Crippen molar-refractivity contribution < 1.29 is 9.53 Å². The lowest BCUT2D eigenvalue weighted by Crippen LogP contribution is -2.38. The van der Waals surface area contributed by atoms with Crippen LogP contribution in [0.25, 0.3) is 21.8 Å². The largest absolute Gasteiger partial charge is 0.415 e. The summed E-state index contributed by atoms with van der Waals surface area (Å²) in [5.74, 6) is 0.584. The van der Waals surface area contributed by atoms with Crippen molar-refractivity contribution in [1.29, 1.82) is 0 Å². The smallest absolute Gasteiger partial charge is 0.410 e. The minimum absolute atomic E-state index is 0.281. The highest BCUT2D eigenvalue weighted by Gasteiger charge is 2.27. The lowest BCUT2D eigenvalue weighted by molar-refractivity contribution is 0.147. The molecule has 2 heterocycles. The van der Waals surface area contributed by atoms with Crippen LogP contribution in [0.4, 0.5) is 4.79 Å². The molecule has 4 heteroatoms. The van der Waals surface area contributed by atoms with Crippen molar-refractivity contribution in [3.05, 3.63) is 76.9 Å². The van der Waals surface area contributed by atoms with Crippen LogP contribution in [0.3, 0.4) is 0 Å². The molecule has 0 fully saturated rings. The quantitative estimate of drug-likeness (QED) is 0.434. The number of carbonyl (C=O) groups excluding carboxylic acids is 1. The first-order chi connectivity index (χ1) is 14.1. The molecule has 4 aromatic rings.